The molecule has 0 aliphatic heterocycles. The molecule has 1 aromatic rings. The molecule has 1 aromatic carbocycles. The number of anilines is 2. The van der Waals surface area contributed by atoms with E-state index in [2.05, 4.69) is 10.0 Å². The average molecular weight is 320 g/mol. The van der Waals surface area contributed by atoms with Gasteiger partial charge in [0.2, 0.25) is 15.9 Å². The third kappa shape index (κ3) is 5.36. The van der Waals surface area contributed by atoms with Gasteiger partial charge in [-0.1, -0.05) is 24.9 Å². The Morgan fingerprint density at radius 2 is 2.10 bits per heavy atom. The number of carbonyl (C=O) groups excluding carboxylic acids is 1. The van der Waals surface area contributed by atoms with Crippen LogP contribution in [0.5, 0.6) is 0 Å². The lowest BCUT2D eigenvalue weighted by Gasteiger charge is -2.13. The van der Waals surface area contributed by atoms with E-state index in [0.29, 0.717) is 22.8 Å². The zero-order valence-corrected chi connectivity index (χ0v) is 12.9. The van der Waals surface area contributed by atoms with Gasteiger partial charge in [-0.3, -0.25) is 9.52 Å². The molecule has 0 heterocycles. The maximum absolute atomic E-state index is 11.8. The summed E-state index contributed by atoms with van der Waals surface area (Å²) >= 11 is 5.96. The van der Waals surface area contributed by atoms with Gasteiger partial charge in [-0.2, -0.15) is 0 Å². The second-order valence-corrected chi connectivity index (χ2v) is 6.61. The molecule has 1 unspecified atom stereocenters. The van der Waals surface area contributed by atoms with Crippen LogP contribution in [0.15, 0.2) is 18.2 Å². The van der Waals surface area contributed by atoms with E-state index in [1.165, 1.54) is 18.2 Å². The molecular formula is C12H18ClN3O3S. The van der Waals surface area contributed by atoms with Gasteiger partial charge in [-0.25, -0.2) is 8.42 Å². The molecule has 1 amide bonds. The van der Waals surface area contributed by atoms with Gasteiger partial charge in [0.05, 0.1) is 28.7 Å². The molecule has 4 N–H and O–H groups in total. The highest BCUT2D eigenvalue weighted by Crippen LogP contribution is 2.26. The van der Waals surface area contributed by atoms with E-state index in [0.717, 1.165) is 12.7 Å². The van der Waals surface area contributed by atoms with Gasteiger partial charge in [-0.05, 0) is 24.6 Å². The van der Waals surface area contributed by atoms with Crippen LogP contribution in [-0.4, -0.2) is 26.6 Å². The Kier molecular flexibility index (Phi) is 5.79. The zero-order chi connectivity index (χ0) is 15.3. The Balaban J connectivity index is 2.89. The smallest absolute Gasteiger partial charge is 0.241 e. The summed E-state index contributed by atoms with van der Waals surface area (Å²) in [6.45, 7) is 1.93. The van der Waals surface area contributed by atoms with Gasteiger partial charge < -0.3 is 11.1 Å². The number of sulfonamides is 1. The fourth-order valence-electron chi connectivity index (χ4n) is 1.57. The molecule has 0 fully saturated rings. The Morgan fingerprint density at radius 1 is 1.45 bits per heavy atom. The summed E-state index contributed by atoms with van der Waals surface area (Å²) in [6, 6.07) is 3.82. The van der Waals surface area contributed by atoms with E-state index in [4.69, 9.17) is 17.3 Å². The van der Waals surface area contributed by atoms with E-state index in [1.54, 1.807) is 0 Å². The lowest BCUT2D eigenvalue weighted by molar-refractivity contribution is -0.117. The first-order valence-corrected chi connectivity index (χ1v) is 8.33. The predicted molar refractivity (Wildman–Crippen MR) is 81.4 cm³/mol. The summed E-state index contributed by atoms with van der Waals surface area (Å²) in [5.74, 6) is -0.356. The number of nitrogens with one attached hydrogen (secondary N) is 2. The van der Waals surface area contributed by atoms with Crippen molar-refractivity contribution in [2.24, 2.45) is 5.73 Å². The van der Waals surface area contributed by atoms with E-state index in [1.807, 2.05) is 6.92 Å². The summed E-state index contributed by atoms with van der Waals surface area (Å²) < 4.78 is 24.6. The average Bonchev–Trinajstić information content (AvgIpc) is 2.31. The predicted octanol–water partition coefficient (Wildman–Crippen LogP) is 1.78. The minimum Gasteiger partial charge on any atom is -0.323 e. The van der Waals surface area contributed by atoms with Crippen LogP contribution in [0.25, 0.3) is 0 Å². The van der Waals surface area contributed by atoms with Crippen molar-refractivity contribution in [2.45, 2.75) is 25.8 Å². The van der Waals surface area contributed by atoms with Gasteiger partial charge in [0, 0.05) is 0 Å². The van der Waals surface area contributed by atoms with Crippen LogP contribution >= 0.6 is 11.6 Å². The van der Waals surface area contributed by atoms with Gasteiger partial charge in [0.1, 0.15) is 0 Å². The topological polar surface area (TPSA) is 101 Å². The molecule has 6 nitrogen and oxygen atoms in total. The fraction of sp³-hybridized carbons (Fsp3) is 0.417. The van der Waals surface area contributed by atoms with Crippen LogP contribution in [0.4, 0.5) is 11.4 Å². The molecule has 0 spiro atoms. The molecule has 1 rings (SSSR count). The molecule has 112 valence electrons. The van der Waals surface area contributed by atoms with Crippen molar-refractivity contribution in [1.82, 2.24) is 0 Å². The van der Waals surface area contributed by atoms with Crippen molar-refractivity contribution >= 4 is 38.9 Å². The molecule has 0 aromatic heterocycles. The Labute approximate surface area is 123 Å². The maximum Gasteiger partial charge on any atom is 0.241 e. The lowest BCUT2D eigenvalue weighted by atomic mass is 10.1. The minimum atomic E-state index is -3.39. The number of nitrogens with two attached hydrogens (primary N) is 1. The molecular weight excluding hydrogens is 302 g/mol. The number of amides is 1. The highest BCUT2D eigenvalue weighted by Gasteiger charge is 2.14. The third-order valence-electron chi connectivity index (χ3n) is 2.46. The molecule has 8 heteroatoms. The Hall–Kier alpha value is -1.31. The summed E-state index contributed by atoms with van der Waals surface area (Å²) in [7, 11) is -3.39. The molecule has 0 radical (unpaired) electrons. The van der Waals surface area contributed by atoms with E-state index in [9.17, 15) is 13.2 Å². The molecule has 0 bridgehead atoms. The third-order valence-corrected chi connectivity index (χ3v) is 3.40. The number of rotatable bonds is 6. The lowest BCUT2D eigenvalue weighted by Crippen LogP contribution is -2.35. The van der Waals surface area contributed by atoms with Crippen LogP contribution in [-0.2, 0) is 14.8 Å². The molecule has 0 saturated heterocycles. The van der Waals surface area contributed by atoms with Crippen LogP contribution in [0.2, 0.25) is 5.02 Å². The molecule has 20 heavy (non-hydrogen) atoms. The van der Waals surface area contributed by atoms with Gasteiger partial charge in [-0.15, -0.1) is 0 Å². The van der Waals surface area contributed by atoms with Crippen LogP contribution in [0.1, 0.15) is 19.8 Å². The van der Waals surface area contributed by atoms with Crippen LogP contribution < -0.4 is 15.8 Å². The standard InChI is InChI=1S/C12H18ClN3O3S/c1-3-4-10(14)12(17)15-11-7-8(5-6-9(11)13)16-20(2,18)19/h5-7,10,16H,3-4,14H2,1-2H3,(H,15,17). The Morgan fingerprint density at radius 3 is 2.65 bits per heavy atom. The van der Waals surface area contributed by atoms with Crippen LogP contribution in [0.3, 0.4) is 0 Å². The van der Waals surface area contributed by atoms with Crippen molar-refractivity contribution in [2.75, 3.05) is 16.3 Å². The summed E-state index contributed by atoms with van der Waals surface area (Å²) in [6.07, 6.45) is 2.39. The first-order valence-electron chi connectivity index (χ1n) is 6.06. The van der Waals surface area contributed by atoms with Crippen molar-refractivity contribution in [3.63, 3.8) is 0 Å². The monoisotopic (exact) mass is 319 g/mol. The summed E-state index contributed by atoms with van der Waals surface area (Å²) in [5.41, 5.74) is 6.33. The van der Waals surface area contributed by atoms with Crippen LogP contribution in [0, 0.1) is 0 Å². The zero-order valence-electron chi connectivity index (χ0n) is 11.3. The highest BCUT2D eigenvalue weighted by atomic mass is 35.5. The normalized spacial score (nSPS) is 12.8. The van der Waals surface area contributed by atoms with Gasteiger partial charge in [0.15, 0.2) is 0 Å². The number of hydrogen-bond donors (Lipinski definition) is 3. The molecule has 0 aliphatic rings. The van der Waals surface area contributed by atoms with Crippen molar-refractivity contribution in [3.05, 3.63) is 23.2 Å². The van der Waals surface area contributed by atoms with Crippen molar-refractivity contribution in [3.8, 4) is 0 Å². The fourth-order valence-corrected chi connectivity index (χ4v) is 2.29. The SMILES string of the molecule is CCCC(N)C(=O)Nc1cc(NS(C)(=O)=O)ccc1Cl. The second kappa shape index (κ2) is 6.92. The van der Waals surface area contributed by atoms with E-state index in [-0.39, 0.29) is 5.91 Å². The van der Waals surface area contributed by atoms with E-state index < -0.39 is 16.1 Å². The van der Waals surface area contributed by atoms with Crippen molar-refractivity contribution < 1.29 is 13.2 Å². The number of carbonyl (C=O) groups is 1. The quantitative estimate of drug-likeness (QED) is 0.743. The Bertz CT molecular complexity index is 590. The van der Waals surface area contributed by atoms with Gasteiger partial charge in [0.25, 0.3) is 0 Å². The second-order valence-electron chi connectivity index (χ2n) is 4.45. The van der Waals surface area contributed by atoms with E-state index >= 15 is 0 Å². The molecule has 1 atom stereocenters. The molecule has 0 aliphatic carbocycles. The van der Waals surface area contributed by atoms with Crippen molar-refractivity contribution in [1.29, 1.82) is 0 Å². The summed E-state index contributed by atoms with van der Waals surface area (Å²) in [4.78, 5) is 11.8. The van der Waals surface area contributed by atoms with Gasteiger partial charge >= 0.3 is 0 Å². The first kappa shape index (κ1) is 16.7. The number of hydrogen-bond acceptors (Lipinski definition) is 4. The first-order chi connectivity index (χ1) is 9.23. The maximum atomic E-state index is 11.8. The largest absolute Gasteiger partial charge is 0.323 e. The highest BCUT2D eigenvalue weighted by molar-refractivity contribution is 7.92. The summed E-state index contributed by atoms with van der Waals surface area (Å²) in [5, 5.41) is 2.90. The molecule has 0 saturated carbocycles. The number of benzene rings is 1. The number of halogens is 1. The minimum absolute atomic E-state index is 0.307.